The lowest BCUT2D eigenvalue weighted by Gasteiger charge is -2.26. The normalized spacial score (nSPS) is 22.2. The van der Waals surface area contributed by atoms with Crippen molar-refractivity contribution in [1.29, 1.82) is 0 Å². The molecule has 0 saturated carbocycles. The molecule has 1 aromatic heterocycles. The maximum atomic E-state index is 12.6. The lowest BCUT2D eigenvalue weighted by atomic mass is 10.3. The van der Waals surface area contributed by atoms with E-state index < -0.39 is 9.84 Å². The Kier molecular flexibility index (Phi) is 4.17. The fraction of sp³-hybridized carbons (Fsp3) is 0.692. The van der Waals surface area contributed by atoms with Crippen LogP contribution in [0.15, 0.2) is 0 Å². The summed E-state index contributed by atoms with van der Waals surface area (Å²) in [6.45, 7) is 2.78. The predicted octanol–water partition coefficient (Wildman–Crippen LogP) is 0.243. The molecule has 0 atom stereocenters. The van der Waals surface area contributed by atoms with E-state index in [9.17, 15) is 13.2 Å². The molecule has 122 valence electrons. The number of hydrogen-bond donors (Lipinski definition) is 0. The highest BCUT2D eigenvalue weighted by Crippen LogP contribution is 2.26. The second-order valence-corrected chi connectivity index (χ2v) is 8.55. The molecule has 1 fully saturated rings. The van der Waals surface area contributed by atoms with E-state index in [1.807, 2.05) is 7.05 Å². The quantitative estimate of drug-likeness (QED) is 0.728. The molecule has 0 spiro atoms. The fourth-order valence-corrected chi connectivity index (χ4v) is 4.32. The van der Waals surface area contributed by atoms with Crippen LogP contribution in [-0.2, 0) is 22.9 Å². The van der Waals surface area contributed by atoms with E-state index >= 15 is 0 Å². The van der Waals surface area contributed by atoms with Gasteiger partial charge in [0.1, 0.15) is 0 Å². The summed E-state index contributed by atoms with van der Waals surface area (Å²) in [4.78, 5) is 16.2. The summed E-state index contributed by atoms with van der Waals surface area (Å²) >= 11 is 6.37. The number of aryl methyl sites for hydroxylation is 1. The van der Waals surface area contributed by atoms with Gasteiger partial charge in [0.05, 0.1) is 22.2 Å². The van der Waals surface area contributed by atoms with Crippen LogP contribution in [0.1, 0.15) is 22.6 Å². The molecule has 1 amide bonds. The van der Waals surface area contributed by atoms with Crippen molar-refractivity contribution in [3.8, 4) is 0 Å². The third-order valence-electron chi connectivity index (χ3n) is 4.16. The number of carbonyl (C=O) groups is 1. The summed E-state index contributed by atoms with van der Waals surface area (Å²) < 4.78 is 24.7. The first-order chi connectivity index (χ1) is 10.4. The third kappa shape index (κ3) is 3.00. The minimum absolute atomic E-state index is 0.00661. The number of nitrogens with zero attached hydrogens (tertiary/aromatic N) is 4. The van der Waals surface area contributed by atoms with Crippen LogP contribution in [0.4, 0.5) is 0 Å². The summed E-state index contributed by atoms with van der Waals surface area (Å²) in [5.41, 5.74) is 1.10. The van der Waals surface area contributed by atoms with Gasteiger partial charge in [0, 0.05) is 32.7 Å². The molecule has 0 N–H and O–H groups in total. The van der Waals surface area contributed by atoms with Crippen LogP contribution in [-0.4, -0.2) is 72.1 Å². The number of hydrogen-bond acceptors (Lipinski definition) is 5. The molecule has 0 aliphatic carbocycles. The topological polar surface area (TPSA) is 75.5 Å². The van der Waals surface area contributed by atoms with Crippen molar-refractivity contribution in [3.05, 3.63) is 16.4 Å². The van der Waals surface area contributed by atoms with Crippen LogP contribution in [0.25, 0.3) is 0 Å². The highest BCUT2D eigenvalue weighted by Gasteiger charge is 2.30. The molecular formula is C13H19ClN4O3S. The summed E-state index contributed by atoms with van der Waals surface area (Å²) in [6, 6.07) is 0. The summed E-state index contributed by atoms with van der Waals surface area (Å²) in [6.07, 6.45) is 0.955. The Hall–Kier alpha value is -1.12. The SMILES string of the molecule is CN1CCCn2nc(C(=O)N3CCS(=O)(=O)CC3)c(Cl)c2C1. The van der Waals surface area contributed by atoms with Gasteiger partial charge in [-0.25, -0.2) is 8.42 Å². The summed E-state index contributed by atoms with van der Waals surface area (Å²) in [7, 11) is -1.01. The van der Waals surface area contributed by atoms with Crippen molar-refractivity contribution >= 4 is 27.3 Å². The van der Waals surface area contributed by atoms with Gasteiger partial charge in [-0.2, -0.15) is 5.10 Å². The molecule has 0 radical (unpaired) electrons. The number of rotatable bonds is 1. The molecule has 7 nitrogen and oxygen atoms in total. The summed E-state index contributed by atoms with van der Waals surface area (Å²) in [5, 5.41) is 4.77. The zero-order chi connectivity index (χ0) is 15.9. The smallest absolute Gasteiger partial charge is 0.275 e. The Morgan fingerprint density at radius 3 is 2.55 bits per heavy atom. The first kappa shape index (κ1) is 15.8. The molecule has 0 unspecified atom stereocenters. The Labute approximate surface area is 134 Å². The number of amides is 1. The minimum Gasteiger partial charge on any atom is -0.335 e. The van der Waals surface area contributed by atoms with Gasteiger partial charge in [0.25, 0.3) is 5.91 Å². The monoisotopic (exact) mass is 346 g/mol. The minimum atomic E-state index is -3.02. The largest absolute Gasteiger partial charge is 0.335 e. The van der Waals surface area contributed by atoms with Crippen LogP contribution < -0.4 is 0 Å². The van der Waals surface area contributed by atoms with Crippen molar-refractivity contribution in [2.24, 2.45) is 0 Å². The van der Waals surface area contributed by atoms with Gasteiger partial charge in [0.2, 0.25) is 0 Å². The van der Waals surface area contributed by atoms with E-state index in [1.165, 1.54) is 4.90 Å². The molecular weight excluding hydrogens is 328 g/mol. The highest BCUT2D eigenvalue weighted by atomic mass is 35.5. The standard InChI is InChI=1S/C13H19ClN4O3S/c1-16-3-2-4-18-10(9-16)11(14)12(15-18)13(19)17-5-7-22(20,21)8-6-17/h2-9H2,1H3. The van der Waals surface area contributed by atoms with Gasteiger partial charge >= 0.3 is 0 Å². The van der Waals surface area contributed by atoms with Crippen LogP contribution >= 0.6 is 11.6 Å². The molecule has 0 aromatic carbocycles. The van der Waals surface area contributed by atoms with Gasteiger partial charge in [-0.1, -0.05) is 11.6 Å². The fourth-order valence-electron chi connectivity index (χ4n) is 2.84. The van der Waals surface area contributed by atoms with Crippen LogP contribution in [0, 0.1) is 0 Å². The average molecular weight is 347 g/mol. The second kappa shape index (κ2) is 5.82. The maximum Gasteiger partial charge on any atom is 0.275 e. The third-order valence-corrected chi connectivity index (χ3v) is 6.16. The van der Waals surface area contributed by atoms with Crippen molar-refractivity contribution < 1.29 is 13.2 Å². The van der Waals surface area contributed by atoms with Crippen LogP contribution in [0.5, 0.6) is 0 Å². The van der Waals surface area contributed by atoms with E-state index in [0.717, 1.165) is 25.2 Å². The summed E-state index contributed by atoms with van der Waals surface area (Å²) in [5.74, 6) is -0.262. The van der Waals surface area contributed by atoms with Gasteiger partial charge < -0.3 is 9.80 Å². The van der Waals surface area contributed by atoms with Crippen LogP contribution in [0.3, 0.4) is 0 Å². The van der Waals surface area contributed by atoms with Crippen molar-refractivity contribution in [1.82, 2.24) is 19.6 Å². The molecule has 1 saturated heterocycles. The molecule has 2 aliphatic heterocycles. The van der Waals surface area contributed by atoms with Gasteiger partial charge in [-0.3, -0.25) is 9.48 Å². The van der Waals surface area contributed by atoms with Gasteiger partial charge in [-0.15, -0.1) is 0 Å². The second-order valence-electron chi connectivity index (χ2n) is 5.87. The maximum absolute atomic E-state index is 12.6. The van der Waals surface area contributed by atoms with Crippen molar-refractivity contribution in [2.45, 2.75) is 19.5 Å². The Bertz CT molecular complexity index is 686. The molecule has 3 rings (SSSR count). The molecule has 1 aromatic rings. The van der Waals surface area contributed by atoms with Crippen LogP contribution in [0.2, 0.25) is 5.02 Å². The zero-order valence-corrected chi connectivity index (χ0v) is 14.0. The Morgan fingerprint density at radius 1 is 1.18 bits per heavy atom. The van der Waals surface area contributed by atoms with E-state index in [4.69, 9.17) is 11.6 Å². The number of fused-ring (bicyclic) bond motifs is 1. The molecule has 0 bridgehead atoms. The van der Waals surface area contributed by atoms with E-state index in [1.54, 1.807) is 4.68 Å². The molecule has 2 aliphatic rings. The van der Waals surface area contributed by atoms with Crippen molar-refractivity contribution in [3.63, 3.8) is 0 Å². The zero-order valence-electron chi connectivity index (χ0n) is 12.5. The molecule has 22 heavy (non-hydrogen) atoms. The molecule has 3 heterocycles. The Morgan fingerprint density at radius 2 is 1.86 bits per heavy atom. The van der Waals surface area contributed by atoms with Gasteiger partial charge in [0.15, 0.2) is 15.5 Å². The lowest BCUT2D eigenvalue weighted by molar-refractivity contribution is 0.0763. The van der Waals surface area contributed by atoms with E-state index in [0.29, 0.717) is 11.6 Å². The first-order valence-electron chi connectivity index (χ1n) is 7.31. The van der Waals surface area contributed by atoms with E-state index in [2.05, 4.69) is 10.00 Å². The average Bonchev–Trinajstić information content (AvgIpc) is 2.65. The number of aromatic nitrogens is 2. The van der Waals surface area contributed by atoms with Crippen molar-refractivity contribution in [2.75, 3.05) is 38.2 Å². The van der Waals surface area contributed by atoms with E-state index in [-0.39, 0.29) is 36.2 Å². The lowest BCUT2D eigenvalue weighted by Crippen LogP contribution is -2.44. The Balaban J connectivity index is 1.84. The predicted molar refractivity (Wildman–Crippen MR) is 82.7 cm³/mol. The molecule has 9 heteroatoms. The number of carbonyl (C=O) groups excluding carboxylic acids is 1. The first-order valence-corrected chi connectivity index (χ1v) is 9.51. The van der Waals surface area contributed by atoms with Gasteiger partial charge in [-0.05, 0) is 13.5 Å². The highest BCUT2D eigenvalue weighted by molar-refractivity contribution is 7.91. The number of halogens is 1. The number of sulfone groups is 1.